The number of amides is 1. The molecule has 0 aromatic carbocycles. The van der Waals surface area contributed by atoms with Gasteiger partial charge in [-0.25, -0.2) is 0 Å². The average molecular weight is 374 g/mol. The van der Waals surface area contributed by atoms with Crippen LogP contribution in [0.5, 0.6) is 0 Å². The fourth-order valence-corrected chi connectivity index (χ4v) is 4.23. The standard InChI is InChI=1S/C20H27N3O2S/c1-4-14-5-6-15(21-9-14)10-23-8-7-16-17(12-26-18(16)11-23)19(25)22-20(2,3)13-24/h5-6,9,12,24H,4,7-8,10-11,13H2,1-3H3,(H,22,25). The number of hydrogen-bond acceptors (Lipinski definition) is 5. The van der Waals surface area contributed by atoms with E-state index in [1.807, 2.05) is 25.4 Å². The maximum atomic E-state index is 12.5. The van der Waals surface area contributed by atoms with Crippen LogP contribution < -0.4 is 5.32 Å². The summed E-state index contributed by atoms with van der Waals surface area (Å²) in [4.78, 5) is 20.7. The highest BCUT2D eigenvalue weighted by molar-refractivity contribution is 7.10. The maximum absolute atomic E-state index is 12.5. The van der Waals surface area contributed by atoms with E-state index in [9.17, 15) is 9.90 Å². The van der Waals surface area contributed by atoms with E-state index in [0.717, 1.165) is 49.3 Å². The van der Waals surface area contributed by atoms with Gasteiger partial charge in [0.1, 0.15) is 0 Å². The summed E-state index contributed by atoms with van der Waals surface area (Å²) in [5.41, 5.74) is 3.66. The lowest BCUT2D eigenvalue weighted by Gasteiger charge is -2.27. The van der Waals surface area contributed by atoms with Gasteiger partial charge >= 0.3 is 0 Å². The quantitative estimate of drug-likeness (QED) is 0.817. The van der Waals surface area contributed by atoms with Gasteiger partial charge in [0, 0.05) is 36.1 Å². The van der Waals surface area contributed by atoms with Gasteiger partial charge in [0.25, 0.3) is 5.91 Å². The Morgan fingerprint density at radius 1 is 1.42 bits per heavy atom. The number of fused-ring (bicyclic) bond motifs is 1. The number of rotatable bonds is 6. The van der Waals surface area contributed by atoms with Crippen LogP contribution in [0.3, 0.4) is 0 Å². The first-order chi connectivity index (χ1) is 12.4. The smallest absolute Gasteiger partial charge is 0.252 e. The van der Waals surface area contributed by atoms with Crippen molar-refractivity contribution in [3.63, 3.8) is 0 Å². The first kappa shape index (κ1) is 19.0. The van der Waals surface area contributed by atoms with Crippen molar-refractivity contribution in [1.82, 2.24) is 15.2 Å². The zero-order valence-corrected chi connectivity index (χ0v) is 16.5. The van der Waals surface area contributed by atoms with Gasteiger partial charge in [0.15, 0.2) is 0 Å². The lowest BCUT2D eigenvalue weighted by atomic mass is 10.0. The molecule has 5 nitrogen and oxygen atoms in total. The Morgan fingerprint density at radius 3 is 2.88 bits per heavy atom. The van der Waals surface area contributed by atoms with E-state index in [1.54, 1.807) is 11.3 Å². The normalized spacial score (nSPS) is 14.9. The van der Waals surface area contributed by atoms with Gasteiger partial charge in [-0.05, 0) is 43.9 Å². The van der Waals surface area contributed by atoms with E-state index in [1.165, 1.54) is 10.4 Å². The van der Waals surface area contributed by atoms with Gasteiger partial charge in [-0.1, -0.05) is 13.0 Å². The summed E-state index contributed by atoms with van der Waals surface area (Å²) in [5.74, 6) is -0.0909. The van der Waals surface area contributed by atoms with Crippen LogP contribution in [0.1, 0.15) is 52.8 Å². The molecule has 6 heteroatoms. The summed E-state index contributed by atoms with van der Waals surface area (Å²) in [6.45, 7) is 8.31. The molecule has 0 saturated heterocycles. The Hall–Kier alpha value is -1.76. The van der Waals surface area contributed by atoms with Crippen LogP contribution in [0.25, 0.3) is 0 Å². The molecule has 0 spiro atoms. The minimum atomic E-state index is -0.608. The highest BCUT2D eigenvalue weighted by Gasteiger charge is 2.27. The van der Waals surface area contributed by atoms with Crippen molar-refractivity contribution in [3.05, 3.63) is 51.0 Å². The van der Waals surface area contributed by atoms with Crippen molar-refractivity contribution >= 4 is 17.2 Å². The predicted molar refractivity (Wildman–Crippen MR) is 104 cm³/mol. The van der Waals surface area contributed by atoms with Crippen LogP contribution in [0, 0.1) is 0 Å². The third kappa shape index (κ3) is 4.31. The van der Waals surface area contributed by atoms with Gasteiger partial charge in [-0.15, -0.1) is 11.3 Å². The zero-order chi connectivity index (χ0) is 18.7. The molecule has 2 aromatic rings. The molecule has 2 aromatic heterocycles. The van der Waals surface area contributed by atoms with E-state index in [4.69, 9.17) is 0 Å². The summed E-state index contributed by atoms with van der Waals surface area (Å²) >= 11 is 1.65. The topological polar surface area (TPSA) is 65.5 Å². The largest absolute Gasteiger partial charge is 0.394 e. The second-order valence-electron chi connectivity index (χ2n) is 7.52. The second-order valence-corrected chi connectivity index (χ2v) is 8.48. The first-order valence-electron chi connectivity index (χ1n) is 9.10. The summed E-state index contributed by atoms with van der Waals surface area (Å²) in [5, 5.41) is 14.2. The summed E-state index contributed by atoms with van der Waals surface area (Å²) < 4.78 is 0. The molecule has 0 bridgehead atoms. The number of aliphatic hydroxyl groups excluding tert-OH is 1. The SMILES string of the molecule is CCc1ccc(CN2CCc3c(C(=O)NC(C)(C)CO)csc3C2)nc1. The van der Waals surface area contributed by atoms with Crippen molar-refractivity contribution < 1.29 is 9.90 Å². The summed E-state index contributed by atoms with van der Waals surface area (Å²) in [6.07, 6.45) is 3.84. The lowest BCUT2D eigenvalue weighted by Crippen LogP contribution is -2.46. The van der Waals surface area contributed by atoms with Gasteiger partial charge in [0.2, 0.25) is 0 Å². The number of aromatic nitrogens is 1. The average Bonchev–Trinajstić information content (AvgIpc) is 3.05. The maximum Gasteiger partial charge on any atom is 0.252 e. The molecule has 1 amide bonds. The van der Waals surface area contributed by atoms with Crippen LogP contribution in [-0.2, 0) is 25.9 Å². The summed E-state index contributed by atoms with van der Waals surface area (Å²) in [6, 6.07) is 4.26. The van der Waals surface area contributed by atoms with Crippen molar-refractivity contribution in [2.24, 2.45) is 0 Å². The lowest BCUT2D eigenvalue weighted by molar-refractivity contribution is 0.0868. The highest BCUT2D eigenvalue weighted by Crippen LogP contribution is 2.29. The number of carbonyl (C=O) groups excluding carboxylic acids is 1. The fourth-order valence-electron chi connectivity index (χ4n) is 3.11. The Labute approximate surface area is 159 Å². The van der Waals surface area contributed by atoms with Gasteiger partial charge in [-0.2, -0.15) is 0 Å². The molecule has 26 heavy (non-hydrogen) atoms. The zero-order valence-electron chi connectivity index (χ0n) is 15.7. The van der Waals surface area contributed by atoms with E-state index >= 15 is 0 Å². The van der Waals surface area contributed by atoms with Gasteiger partial charge in [0.05, 0.1) is 23.4 Å². The number of aliphatic hydroxyl groups is 1. The minimum absolute atomic E-state index is 0.0807. The third-order valence-electron chi connectivity index (χ3n) is 4.80. The molecule has 2 N–H and O–H groups in total. The predicted octanol–water partition coefficient (Wildman–Crippen LogP) is 2.76. The number of pyridine rings is 1. The highest BCUT2D eigenvalue weighted by atomic mass is 32.1. The molecule has 3 heterocycles. The molecule has 0 unspecified atom stereocenters. The molecule has 1 aliphatic rings. The Bertz CT molecular complexity index is 768. The van der Waals surface area contributed by atoms with Gasteiger partial charge in [-0.3, -0.25) is 14.7 Å². The number of aryl methyl sites for hydroxylation is 1. The van der Waals surface area contributed by atoms with E-state index in [2.05, 4.69) is 34.3 Å². The molecule has 0 saturated carbocycles. The van der Waals surface area contributed by atoms with Gasteiger partial charge < -0.3 is 10.4 Å². The molecular formula is C20H27N3O2S. The molecular weight excluding hydrogens is 346 g/mol. The van der Waals surface area contributed by atoms with Crippen molar-refractivity contribution in [3.8, 4) is 0 Å². The van der Waals surface area contributed by atoms with Crippen LogP contribution in [0.2, 0.25) is 0 Å². The molecule has 140 valence electrons. The molecule has 0 fully saturated rings. The summed E-state index contributed by atoms with van der Waals surface area (Å²) in [7, 11) is 0. The second kappa shape index (κ2) is 7.86. The molecule has 0 radical (unpaired) electrons. The molecule has 3 rings (SSSR count). The van der Waals surface area contributed by atoms with Crippen LogP contribution >= 0.6 is 11.3 Å². The van der Waals surface area contributed by atoms with E-state index < -0.39 is 5.54 Å². The number of nitrogens with zero attached hydrogens (tertiary/aromatic N) is 2. The van der Waals surface area contributed by atoms with Crippen molar-refractivity contribution in [2.75, 3.05) is 13.2 Å². The number of thiophene rings is 1. The number of nitrogens with one attached hydrogen (secondary N) is 1. The fraction of sp³-hybridized carbons (Fsp3) is 0.500. The van der Waals surface area contributed by atoms with Crippen LogP contribution in [0.4, 0.5) is 0 Å². The minimum Gasteiger partial charge on any atom is -0.394 e. The van der Waals surface area contributed by atoms with E-state index in [-0.39, 0.29) is 12.5 Å². The van der Waals surface area contributed by atoms with Crippen LogP contribution in [0.15, 0.2) is 23.7 Å². The van der Waals surface area contributed by atoms with Crippen LogP contribution in [-0.4, -0.2) is 39.6 Å². The number of carbonyl (C=O) groups is 1. The Kier molecular flexibility index (Phi) is 5.75. The van der Waals surface area contributed by atoms with Crippen molar-refractivity contribution in [1.29, 1.82) is 0 Å². The molecule has 0 atom stereocenters. The van der Waals surface area contributed by atoms with E-state index in [0.29, 0.717) is 0 Å². The monoisotopic (exact) mass is 373 g/mol. The Balaban J connectivity index is 1.66. The van der Waals surface area contributed by atoms with Crippen molar-refractivity contribution in [2.45, 2.75) is 52.2 Å². The third-order valence-corrected chi connectivity index (χ3v) is 5.81. The first-order valence-corrected chi connectivity index (χ1v) is 9.98. The Morgan fingerprint density at radius 2 is 2.23 bits per heavy atom. The molecule has 1 aliphatic heterocycles. The number of hydrogen-bond donors (Lipinski definition) is 2. The molecule has 0 aliphatic carbocycles.